The molecule has 1 aliphatic heterocycles. The van der Waals surface area contributed by atoms with Gasteiger partial charge in [-0.1, -0.05) is 0 Å². The number of furan rings is 1. The summed E-state index contributed by atoms with van der Waals surface area (Å²) in [6, 6.07) is 0. The second-order valence-electron chi connectivity index (χ2n) is 4.77. The predicted octanol–water partition coefficient (Wildman–Crippen LogP) is 0.765. The quantitative estimate of drug-likeness (QED) is 0.887. The van der Waals surface area contributed by atoms with Crippen LogP contribution in [0.5, 0.6) is 0 Å². The van der Waals surface area contributed by atoms with Crippen LogP contribution in [0.4, 0.5) is 0 Å². The van der Waals surface area contributed by atoms with Gasteiger partial charge in [-0.15, -0.1) is 0 Å². The fourth-order valence-electron chi connectivity index (χ4n) is 2.42. The number of nitrogens with zero attached hydrogens (tertiary/aromatic N) is 1. The minimum absolute atomic E-state index is 0.0989. The van der Waals surface area contributed by atoms with Crippen molar-refractivity contribution in [1.29, 1.82) is 0 Å². The van der Waals surface area contributed by atoms with Gasteiger partial charge in [-0.05, 0) is 20.8 Å². The Morgan fingerprint density at radius 2 is 2.05 bits per heavy atom. The van der Waals surface area contributed by atoms with Gasteiger partial charge in [-0.25, -0.2) is 8.42 Å². The molecule has 1 saturated heterocycles. The summed E-state index contributed by atoms with van der Waals surface area (Å²) in [5, 5.41) is 0. The molecule has 1 fully saturated rings. The van der Waals surface area contributed by atoms with Gasteiger partial charge in [0.2, 0.25) is 10.0 Å². The fourth-order valence-corrected chi connectivity index (χ4v) is 4.34. The minimum atomic E-state index is -3.57. The summed E-state index contributed by atoms with van der Waals surface area (Å²) in [7, 11) is -3.57. The molecule has 1 aromatic heterocycles. The van der Waals surface area contributed by atoms with Crippen molar-refractivity contribution in [3.8, 4) is 0 Å². The van der Waals surface area contributed by atoms with Crippen LogP contribution >= 0.6 is 0 Å². The molecule has 7 heteroatoms. The molecule has 2 rings (SSSR count). The van der Waals surface area contributed by atoms with E-state index in [1.165, 1.54) is 4.31 Å². The van der Waals surface area contributed by atoms with Gasteiger partial charge in [0.1, 0.15) is 16.4 Å². The van der Waals surface area contributed by atoms with Gasteiger partial charge < -0.3 is 14.9 Å². The number of sulfonamides is 1. The Bertz CT molecular complexity index is 565. The molecule has 0 spiro atoms. The van der Waals surface area contributed by atoms with Crippen molar-refractivity contribution in [3.63, 3.8) is 0 Å². The summed E-state index contributed by atoms with van der Waals surface area (Å²) in [5.74, 6) is 0.969. The van der Waals surface area contributed by atoms with Gasteiger partial charge in [-0.2, -0.15) is 4.31 Å². The average molecular weight is 288 g/mol. The molecule has 6 nitrogen and oxygen atoms in total. The zero-order valence-corrected chi connectivity index (χ0v) is 12.3. The van der Waals surface area contributed by atoms with Crippen molar-refractivity contribution in [3.05, 3.63) is 17.1 Å². The van der Waals surface area contributed by atoms with Crippen molar-refractivity contribution in [1.82, 2.24) is 4.31 Å². The third-order valence-corrected chi connectivity index (χ3v) is 5.39. The van der Waals surface area contributed by atoms with E-state index in [9.17, 15) is 8.42 Å². The maximum atomic E-state index is 12.7. The van der Waals surface area contributed by atoms with E-state index in [4.69, 9.17) is 14.9 Å². The number of morpholine rings is 1. The Morgan fingerprint density at radius 1 is 1.37 bits per heavy atom. The molecule has 0 amide bonds. The molecule has 0 aliphatic carbocycles. The Morgan fingerprint density at radius 3 is 2.63 bits per heavy atom. The van der Waals surface area contributed by atoms with Crippen molar-refractivity contribution >= 4 is 10.0 Å². The molecular weight excluding hydrogens is 268 g/mol. The topological polar surface area (TPSA) is 85.8 Å². The van der Waals surface area contributed by atoms with Crippen LogP contribution in [-0.2, 0) is 21.3 Å². The van der Waals surface area contributed by atoms with E-state index in [0.717, 1.165) is 0 Å². The molecular formula is C12H20N2O4S. The molecule has 1 atom stereocenters. The standard InChI is InChI=1S/C12H20N2O4S/c1-8-7-14(4-5-17-8)19(15,16)12-10(3)18-9(2)11(12)6-13/h8H,4-7,13H2,1-3H3. The maximum Gasteiger partial charge on any atom is 0.247 e. The van der Waals surface area contributed by atoms with Crippen molar-refractivity contribution in [2.45, 2.75) is 38.3 Å². The highest BCUT2D eigenvalue weighted by Gasteiger charge is 2.34. The summed E-state index contributed by atoms with van der Waals surface area (Å²) in [6.07, 6.45) is -0.0989. The van der Waals surface area contributed by atoms with Crippen LogP contribution in [0.2, 0.25) is 0 Å². The lowest BCUT2D eigenvalue weighted by molar-refractivity contribution is 0.0101. The Kier molecular flexibility index (Phi) is 4.00. The predicted molar refractivity (Wildman–Crippen MR) is 70.2 cm³/mol. The zero-order valence-electron chi connectivity index (χ0n) is 11.5. The van der Waals surface area contributed by atoms with Crippen LogP contribution in [0.3, 0.4) is 0 Å². The van der Waals surface area contributed by atoms with Crippen molar-refractivity contribution in [2.75, 3.05) is 19.7 Å². The monoisotopic (exact) mass is 288 g/mol. The lowest BCUT2D eigenvalue weighted by atomic mass is 10.2. The third kappa shape index (κ3) is 2.55. The van der Waals surface area contributed by atoms with Crippen molar-refractivity contribution in [2.24, 2.45) is 5.73 Å². The summed E-state index contributed by atoms with van der Waals surface area (Å²) in [6.45, 7) is 6.53. The van der Waals surface area contributed by atoms with E-state index in [0.29, 0.717) is 36.8 Å². The highest BCUT2D eigenvalue weighted by molar-refractivity contribution is 7.89. The van der Waals surface area contributed by atoms with Crippen LogP contribution in [0.15, 0.2) is 9.31 Å². The second kappa shape index (κ2) is 5.24. The molecule has 0 bridgehead atoms. The van der Waals surface area contributed by atoms with E-state index < -0.39 is 10.0 Å². The Labute approximate surface area is 113 Å². The van der Waals surface area contributed by atoms with Gasteiger partial charge >= 0.3 is 0 Å². The van der Waals surface area contributed by atoms with Crippen LogP contribution in [0, 0.1) is 13.8 Å². The van der Waals surface area contributed by atoms with Crippen LogP contribution in [-0.4, -0.2) is 38.5 Å². The smallest absolute Gasteiger partial charge is 0.247 e. The second-order valence-corrected chi connectivity index (χ2v) is 6.65. The minimum Gasteiger partial charge on any atom is -0.465 e. The number of hydrogen-bond donors (Lipinski definition) is 1. The maximum absolute atomic E-state index is 12.7. The largest absolute Gasteiger partial charge is 0.465 e. The first-order chi connectivity index (χ1) is 8.87. The molecule has 19 heavy (non-hydrogen) atoms. The highest BCUT2D eigenvalue weighted by atomic mass is 32.2. The fraction of sp³-hybridized carbons (Fsp3) is 0.667. The van der Waals surface area contributed by atoms with Crippen LogP contribution < -0.4 is 5.73 Å². The molecule has 0 aromatic carbocycles. The summed E-state index contributed by atoms with van der Waals surface area (Å²) >= 11 is 0. The van der Waals surface area contributed by atoms with Gasteiger partial charge in [0, 0.05) is 25.2 Å². The van der Waals surface area contributed by atoms with Gasteiger partial charge in [-0.3, -0.25) is 0 Å². The zero-order chi connectivity index (χ0) is 14.2. The number of nitrogens with two attached hydrogens (primary N) is 1. The molecule has 1 aliphatic rings. The van der Waals surface area contributed by atoms with E-state index >= 15 is 0 Å². The average Bonchev–Trinajstić information content (AvgIpc) is 2.64. The third-order valence-electron chi connectivity index (χ3n) is 3.33. The van der Waals surface area contributed by atoms with Crippen LogP contribution in [0.25, 0.3) is 0 Å². The number of aryl methyl sites for hydroxylation is 2. The van der Waals surface area contributed by atoms with Gasteiger partial charge in [0.25, 0.3) is 0 Å². The summed E-state index contributed by atoms with van der Waals surface area (Å²) in [4.78, 5) is 0.224. The Hall–Kier alpha value is -0.890. The highest BCUT2D eigenvalue weighted by Crippen LogP contribution is 2.29. The first-order valence-electron chi connectivity index (χ1n) is 6.28. The number of hydrogen-bond acceptors (Lipinski definition) is 5. The summed E-state index contributed by atoms with van der Waals surface area (Å²) in [5.41, 5.74) is 6.22. The number of ether oxygens (including phenoxy) is 1. The lowest BCUT2D eigenvalue weighted by Crippen LogP contribution is -2.44. The Balaban J connectivity index is 2.44. The van der Waals surface area contributed by atoms with E-state index in [1.54, 1.807) is 13.8 Å². The molecule has 1 unspecified atom stereocenters. The van der Waals surface area contributed by atoms with Crippen molar-refractivity contribution < 1.29 is 17.6 Å². The molecule has 2 N–H and O–H groups in total. The van der Waals surface area contributed by atoms with E-state index in [1.807, 2.05) is 6.92 Å². The first-order valence-corrected chi connectivity index (χ1v) is 7.72. The van der Waals surface area contributed by atoms with E-state index in [-0.39, 0.29) is 17.5 Å². The first kappa shape index (κ1) is 14.5. The molecule has 108 valence electrons. The van der Waals surface area contributed by atoms with Gasteiger partial charge in [0.05, 0.1) is 12.7 Å². The van der Waals surface area contributed by atoms with Gasteiger partial charge in [0.15, 0.2) is 0 Å². The van der Waals surface area contributed by atoms with E-state index in [2.05, 4.69) is 0 Å². The molecule has 2 heterocycles. The normalized spacial score (nSPS) is 21.8. The molecule has 0 radical (unpaired) electrons. The van der Waals surface area contributed by atoms with Crippen LogP contribution in [0.1, 0.15) is 24.0 Å². The lowest BCUT2D eigenvalue weighted by Gasteiger charge is -2.30. The summed E-state index contributed by atoms with van der Waals surface area (Å²) < 4.78 is 37.6. The molecule has 0 saturated carbocycles. The number of rotatable bonds is 3. The molecule has 1 aromatic rings. The SMILES string of the molecule is Cc1oc(C)c(S(=O)(=O)N2CCOC(C)C2)c1CN.